The average molecular weight is 219 g/mol. The van der Waals surface area contributed by atoms with Crippen molar-refractivity contribution in [1.29, 1.82) is 0 Å². The molecule has 0 radical (unpaired) electrons. The van der Waals surface area contributed by atoms with Crippen LogP contribution in [0.1, 0.15) is 12.5 Å². The number of pyridine rings is 1. The summed E-state index contributed by atoms with van der Waals surface area (Å²) in [5, 5.41) is 2.60. The van der Waals surface area contributed by atoms with Gasteiger partial charge in [0.05, 0.1) is 11.9 Å². The van der Waals surface area contributed by atoms with Gasteiger partial charge in [-0.2, -0.15) is 0 Å². The Morgan fingerprint density at radius 3 is 2.94 bits per heavy atom. The van der Waals surface area contributed by atoms with E-state index in [1.54, 1.807) is 19.3 Å². The fourth-order valence-corrected chi connectivity index (χ4v) is 1.75. The number of piperazine rings is 1. The van der Waals surface area contributed by atoms with Crippen molar-refractivity contribution >= 4 is 17.5 Å². The van der Waals surface area contributed by atoms with Gasteiger partial charge < -0.3 is 5.32 Å². The van der Waals surface area contributed by atoms with E-state index in [2.05, 4.69) is 10.3 Å². The van der Waals surface area contributed by atoms with Gasteiger partial charge >= 0.3 is 0 Å². The smallest absolute Gasteiger partial charge is 0.249 e. The van der Waals surface area contributed by atoms with E-state index in [0.717, 1.165) is 5.56 Å². The normalized spacial score (nSPS) is 20.9. The zero-order valence-corrected chi connectivity index (χ0v) is 9.23. The highest BCUT2D eigenvalue weighted by atomic mass is 16.2. The molecule has 0 bridgehead atoms. The summed E-state index contributed by atoms with van der Waals surface area (Å²) in [7, 11) is 0. The van der Waals surface area contributed by atoms with E-state index in [1.807, 2.05) is 13.0 Å². The largest absolute Gasteiger partial charge is 0.343 e. The summed E-state index contributed by atoms with van der Waals surface area (Å²) in [6.45, 7) is 3.63. The topological polar surface area (TPSA) is 62.3 Å². The van der Waals surface area contributed by atoms with E-state index >= 15 is 0 Å². The quantitative estimate of drug-likeness (QED) is 0.736. The number of hydrogen-bond acceptors (Lipinski definition) is 3. The van der Waals surface area contributed by atoms with E-state index in [1.165, 1.54) is 4.90 Å². The predicted octanol–water partition coefficient (Wildman–Crippen LogP) is 0.241. The van der Waals surface area contributed by atoms with Crippen LogP contribution >= 0.6 is 0 Å². The predicted molar refractivity (Wildman–Crippen MR) is 58.9 cm³/mol. The molecule has 1 N–H and O–H groups in total. The third kappa shape index (κ3) is 1.76. The first-order chi connectivity index (χ1) is 7.59. The minimum Gasteiger partial charge on any atom is -0.343 e. The van der Waals surface area contributed by atoms with Crippen molar-refractivity contribution in [2.24, 2.45) is 0 Å². The molecule has 1 aromatic heterocycles. The number of carbonyl (C=O) groups excluding carboxylic acids is 2. The number of amides is 2. The summed E-state index contributed by atoms with van der Waals surface area (Å²) in [6.07, 6.45) is 3.27. The minimum atomic E-state index is -0.471. The molecule has 2 amide bonds. The molecule has 84 valence electrons. The molecular weight excluding hydrogens is 206 g/mol. The molecule has 1 fully saturated rings. The number of carbonyl (C=O) groups is 2. The van der Waals surface area contributed by atoms with Crippen molar-refractivity contribution in [2.45, 2.75) is 19.9 Å². The molecule has 1 aromatic rings. The molecule has 5 nitrogen and oxygen atoms in total. The lowest BCUT2D eigenvalue weighted by molar-refractivity contribution is -0.130. The molecule has 16 heavy (non-hydrogen) atoms. The van der Waals surface area contributed by atoms with Gasteiger partial charge in [0.25, 0.3) is 0 Å². The third-order valence-corrected chi connectivity index (χ3v) is 2.62. The highest BCUT2D eigenvalue weighted by Gasteiger charge is 2.31. The monoisotopic (exact) mass is 219 g/mol. The van der Waals surface area contributed by atoms with Gasteiger partial charge in [-0.15, -0.1) is 0 Å². The molecule has 0 saturated carbocycles. The van der Waals surface area contributed by atoms with Gasteiger partial charge in [-0.05, 0) is 25.5 Å². The number of aryl methyl sites for hydroxylation is 1. The van der Waals surface area contributed by atoms with E-state index in [-0.39, 0.29) is 18.4 Å². The molecule has 0 aromatic carbocycles. The Morgan fingerprint density at radius 1 is 1.50 bits per heavy atom. The van der Waals surface area contributed by atoms with E-state index < -0.39 is 6.04 Å². The van der Waals surface area contributed by atoms with Gasteiger partial charge in [-0.25, -0.2) is 0 Å². The molecule has 1 saturated heterocycles. The van der Waals surface area contributed by atoms with Gasteiger partial charge in [0.2, 0.25) is 11.8 Å². The first-order valence-electron chi connectivity index (χ1n) is 5.11. The first kappa shape index (κ1) is 10.6. The van der Waals surface area contributed by atoms with Crippen LogP contribution in [-0.2, 0) is 9.59 Å². The molecule has 5 heteroatoms. The summed E-state index contributed by atoms with van der Waals surface area (Å²) < 4.78 is 0. The number of rotatable bonds is 1. The fourth-order valence-electron chi connectivity index (χ4n) is 1.75. The molecule has 2 heterocycles. The molecule has 0 spiro atoms. The molecular formula is C11H13N3O2. The van der Waals surface area contributed by atoms with Gasteiger partial charge in [-0.1, -0.05) is 0 Å². The van der Waals surface area contributed by atoms with Crippen LogP contribution in [0.2, 0.25) is 0 Å². The lowest BCUT2D eigenvalue weighted by Crippen LogP contribution is -2.57. The van der Waals surface area contributed by atoms with Gasteiger partial charge in [0.15, 0.2) is 0 Å². The summed E-state index contributed by atoms with van der Waals surface area (Å²) in [4.78, 5) is 28.8. The van der Waals surface area contributed by atoms with Gasteiger partial charge in [-0.3, -0.25) is 19.5 Å². The lowest BCUT2D eigenvalue weighted by Gasteiger charge is -2.31. The van der Waals surface area contributed by atoms with Crippen LogP contribution in [0.4, 0.5) is 5.69 Å². The Hall–Kier alpha value is -1.91. The Balaban J connectivity index is 2.36. The van der Waals surface area contributed by atoms with Crippen molar-refractivity contribution in [3.05, 3.63) is 24.0 Å². The SMILES string of the molecule is Cc1ccncc1N1CC(=O)NC(C)C1=O. The van der Waals surface area contributed by atoms with Crippen LogP contribution in [0.5, 0.6) is 0 Å². The lowest BCUT2D eigenvalue weighted by atomic mass is 10.1. The minimum absolute atomic E-state index is 0.0652. The Bertz CT molecular complexity index is 445. The summed E-state index contributed by atoms with van der Waals surface area (Å²) >= 11 is 0. The second-order valence-corrected chi connectivity index (χ2v) is 3.88. The average Bonchev–Trinajstić information content (AvgIpc) is 2.24. The highest BCUT2D eigenvalue weighted by Crippen LogP contribution is 2.20. The fraction of sp³-hybridized carbons (Fsp3) is 0.364. The van der Waals surface area contributed by atoms with Crippen LogP contribution in [0.3, 0.4) is 0 Å². The molecule has 1 unspecified atom stereocenters. The molecule has 1 aliphatic heterocycles. The molecule has 1 atom stereocenters. The summed E-state index contributed by atoms with van der Waals surface area (Å²) in [6, 6.07) is 1.35. The van der Waals surface area contributed by atoms with Crippen LogP contribution in [0, 0.1) is 6.92 Å². The van der Waals surface area contributed by atoms with Crippen LogP contribution < -0.4 is 10.2 Å². The van der Waals surface area contributed by atoms with E-state index in [9.17, 15) is 9.59 Å². The number of aromatic nitrogens is 1. The summed E-state index contributed by atoms with van der Waals surface area (Å²) in [5.41, 5.74) is 1.64. The van der Waals surface area contributed by atoms with Crippen LogP contribution in [0.15, 0.2) is 18.5 Å². The van der Waals surface area contributed by atoms with Crippen molar-refractivity contribution in [3.8, 4) is 0 Å². The first-order valence-corrected chi connectivity index (χ1v) is 5.11. The third-order valence-electron chi connectivity index (χ3n) is 2.62. The Morgan fingerprint density at radius 2 is 2.25 bits per heavy atom. The Labute approximate surface area is 93.5 Å². The van der Waals surface area contributed by atoms with Crippen molar-refractivity contribution in [2.75, 3.05) is 11.4 Å². The van der Waals surface area contributed by atoms with Crippen LogP contribution in [0.25, 0.3) is 0 Å². The van der Waals surface area contributed by atoms with E-state index in [0.29, 0.717) is 5.69 Å². The maximum absolute atomic E-state index is 11.9. The zero-order valence-electron chi connectivity index (χ0n) is 9.23. The second kappa shape index (κ2) is 3.92. The van der Waals surface area contributed by atoms with Crippen molar-refractivity contribution in [1.82, 2.24) is 10.3 Å². The molecule has 2 rings (SSSR count). The molecule has 1 aliphatic rings. The standard InChI is InChI=1S/C11H13N3O2/c1-7-3-4-12-5-9(7)14-6-10(15)13-8(2)11(14)16/h3-5,8H,6H2,1-2H3,(H,13,15). The number of hydrogen-bond donors (Lipinski definition) is 1. The second-order valence-electron chi connectivity index (χ2n) is 3.88. The van der Waals surface area contributed by atoms with Crippen molar-refractivity contribution in [3.63, 3.8) is 0 Å². The number of anilines is 1. The van der Waals surface area contributed by atoms with E-state index in [4.69, 9.17) is 0 Å². The zero-order chi connectivity index (χ0) is 11.7. The number of nitrogens with zero attached hydrogens (tertiary/aromatic N) is 2. The van der Waals surface area contributed by atoms with Gasteiger partial charge in [0.1, 0.15) is 12.6 Å². The van der Waals surface area contributed by atoms with Gasteiger partial charge in [0, 0.05) is 6.20 Å². The summed E-state index contributed by atoms with van der Waals surface area (Å²) in [5.74, 6) is -0.244. The number of nitrogens with one attached hydrogen (secondary N) is 1. The highest BCUT2D eigenvalue weighted by molar-refractivity contribution is 6.06. The van der Waals surface area contributed by atoms with Crippen molar-refractivity contribution < 1.29 is 9.59 Å². The van der Waals surface area contributed by atoms with Crippen LogP contribution in [-0.4, -0.2) is 29.4 Å². The maximum atomic E-state index is 11.9. The maximum Gasteiger partial charge on any atom is 0.249 e. The Kier molecular flexibility index (Phi) is 2.60. The molecule has 0 aliphatic carbocycles.